The number of nitrogens with zero attached hydrogens (tertiary/aromatic N) is 2. The standard InChI is InChI=1S/C25H23N3O3/c1-31-21-12-9-18(10-13-21)15-16-28-23-8-3-2-7-22(23)26-25(28)20-6-4-5-19(17-20)11-14-24(29)27-30/h2-14,17,30H,15-16H2,1H3,(H,27,29)/b14-11+. The maximum Gasteiger partial charge on any atom is 0.267 e. The number of hydrogen-bond acceptors (Lipinski definition) is 4. The van der Waals surface area contributed by atoms with Crippen LogP contribution in [0.2, 0.25) is 0 Å². The number of hydrogen-bond donors (Lipinski definition) is 2. The number of methoxy groups -OCH3 is 1. The molecule has 0 radical (unpaired) electrons. The van der Waals surface area contributed by atoms with Crippen LogP contribution in [0.5, 0.6) is 5.75 Å². The second-order valence-electron chi connectivity index (χ2n) is 7.11. The van der Waals surface area contributed by atoms with E-state index >= 15 is 0 Å². The molecule has 1 heterocycles. The third-order valence-corrected chi connectivity index (χ3v) is 5.12. The minimum Gasteiger partial charge on any atom is -0.497 e. The van der Waals surface area contributed by atoms with Crippen molar-refractivity contribution in [1.82, 2.24) is 15.0 Å². The van der Waals surface area contributed by atoms with E-state index < -0.39 is 5.91 Å². The minimum atomic E-state index is -0.572. The summed E-state index contributed by atoms with van der Waals surface area (Å²) >= 11 is 0. The Kier molecular flexibility index (Phi) is 6.10. The van der Waals surface area contributed by atoms with Crippen molar-refractivity contribution in [1.29, 1.82) is 0 Å². The monoisotopic (exact) mass is 413 g/mol. The van der Waals surface area contributed by atoms with E-state index in [1.165, 1.54) is 11.6 Å². The Hall–Kier alpha value is -3.90. The summed E-state index contributed by atoms with van der Waals surface area (Å²) in [6, 6.07) is 24.0. The van der Waals surface area contributed by atoms with Gasteiger partial charge in [0.15, 0.2) is 0 Å². The summed E-state index contributed by atoms with van der Waals surface area (Å²) in [7, 11) is 1.67. The molecule has 6 nitrogen and oxygen atoms in total. The van der Waals surface area contributed by atoms with Gasteiger partial charge in [0.25, 0.3) is 5.91 Å². The Morgan fingerprint density at radius 2 is 1.90 bits per heavy atom. The highest BCUT2D eigenvalue weighted by Crippen LogP contribution is 2.26. The van der Waals surface area contributed by atoms with Crippen molar-refractivity contribution in [2.75, 3.05) is 7.11 Å². The summed E-state index contributed by atoms with van der Waals surface area (Å²) in [5, 5.41) is 8.67. The van der Waals surface area contributed by atoms with Gasteiger partial charge in [-0.05, 0) is 54.0 Å². The van der Waals surface area contributed by atoms with E-state index in [4.69, 9.17) is 14.9 Å². The second-order valence-corrected chi connectivity index (χ2v) is 7.11. The Bertz CT molecular complexity index is 1230. The average Bonchev–Trinajstić information content (AvgIpc) is 3.20. The van der Waals surface area contributed by atoms with Gasteiger partial charge in [-0.2, -0.15) is 0 Å². The molecule has 31 heavy (non-hydrogen) atoms. The number of aryl methyl sites for hydroxylation is 2. The van der Waals surface area contributed by atoms with Gasteiger partial charge in [0.1, 0.15) is 11.6 Å². The number of benzene rings is 3. The van der Waals surface area contributed by atoms with Gasteiger partial charge in [-0.15, -0.1) is 0 Å². The molecule has 0 bridgehead atoms. The average molecular weight is 413 g/mol. The van der Waals surface area contributed by atoms with Gasteiger partial charge in [0, 0.05) is 18.2 Å². The molecule has 2 N–H and O–H groups in total. The van der Waals surface area contributed by atoms with Crippen molar-refractivity contribution in [2.45, 2.75) is 13.0 Å². The van der Waals surface area contributed by atoms with Crippen LogP contribution in [0.15, 0.2) is 78.9 Å². The summed E-state index contributed by atoms with van der Waals surface area (Å²) in [4.78, 5) is 16.2. The van der Waals surface area contributed by atoms with Crippen LogP contribution in [-0.4, -0.2) is 27.8 Å². The summed E-state index contributed by atoms with van der Waals surface area (Å²) in [6.45, 7) is 0.773. The number of carbonyl (C=O) groups is 1. The number of imidazole rings is 1. The summed E-state index contributed by atoms with van der Waals surface area (Å²) in [6.07, 6.45) is 3.79. The van der Waals surface area contributed by atoms with Gasteiger partial charge in [0.05, 0.1) is 18.1 Å². The Labute approximate surface area is 180 Å². The first-order chi connectivity index (χ1) is 15.2. The zero-order valence-corrected chi connectivity index (χ0v) is 17.2. The molecule has 0 aliphatic carbocycles. The van der Waals surface area contributed by atoms with Gasteiger partial charge in [-0.25, -0.2) is 10.5 Å². The number of aromatic nitrogens is 2. The van der Waals surface area contributed by atoms with Crippen LogP contribution in [0, 0.1) is 0 Å². The molecule has 0 spiro atoms. The normalized spacial score (nSPS) is 11.2. The topological polar surface area (TPSA) is 76.4 Å². The predicted octanol–water partition coefficient (Wildman–Crippen LogP) is 4.47. The van der Waals surface area contributed by atoms with E-state index in [1.54, 1.807) is 18.7 Å². The summed E-state index contributed by atoms with van der Waals surface area (Å²) < 4.78 is 7.47. The predicted molar refractivity (Wildman–Crippen MR) is 121 cm³/mol. The van der Waals surface area contributed by atoms with E-state index in [0.717, 1.165) is 46.7 Å². The number of ether oxygens (including phenoxy) is 1. The summed E-state index contributed by atoms with van der Waals surface area (Å²) in [5.41, 5.74) is 6.63. The molecule has 4 rings (SSSR count). The summed E-state index contributed by atoms with van der Waals surface area (Å²) in [5.74, 6) is 1.14. The number of hydroxylamine groups is 1. The lowest BCUT2D eigenvalue weighted by atomic mass is 10.1. The van der Waals surface area contributed by atoms with Crippen LogP contribution >= 0.6 is 0 Å². The van der Waals surface area contributed by atoms with E-state index in [0.29, 0.717) is 0 Å². The maximum atomic E-state index is 11.3. The number of carbonyl (C=O) groups excluding carboxylic acids is 1. The highest BCUT2D eigenvalue weighted by atomic mass is 16.5. The number of rotatable bonds is 7. The van der Waals surface area contributed by atoms with Crippen LogP contribution < -0.4 is 10.2 Å². The van der Waals surface area contributed by atoms with Crippen LogP contribution in [0.25, 0.3) is 28.5 Å². The fourth-order valence-electron chi connectivity index (χ4n) is 3.55. The molecule has 4 aromatic rings. The van der Waals surface area contributed by atoms with E-state index in [2.05, 4.69) is 22.8 Å². The molecule has 3 aromatic carbocycles. The maximum absolute atomic E-state index is 11.3. The van der Waals surface area contributed by atoms with E-state index in [-0.39, 0.29) is 0 Å². The molecule has 0 aliphatic rings. The molecule has 0 atom stereocenters. The van der Waals surface area contributed by atoms with E-state index in [1.807, 2.05) is 54.6 Å². The van der Waals surface area contributed by atoms with Crippen LogP contribution in [0.1, 0.15) is 11.1 Å². The molecule has 0 aliphatic heterocycles. The number of para-hydroxylation sites is 2. The molecule has 0 saturated carbocycles. The third-order valence-electron chi connectivity index (χ3n) is 5.12. The van der Waals surface area contributed by atoms with Crippen molar-refractivity contribution < 1.29 is 14.7 Å². The van der Waals surface area contributed by atoms with Gasteiger partial charge in [-0.3, -0.25) is 10.0 Å². The molecule has 156 valence electrons. The smallest absolute Gasteiger partial charge is 0.267 e. The molecular formula is C25H23N3O3. The van der Waals surface area contributed by atoms with Crippen molar-refractivity contribution in [3.8, 4) is 17.1 Å². The Morgan fingerprint density at radius 1 is 1.10 bits per heavy atom. The van der Waals surface area contributed by atoms with E-state index in [9.17, 15) is 4.79 Å². The number of nitrogens with one attached hydrogen (secondary N) is 1. The van der Waals surface area contributed by atoms with Crippen molar-refractivity contribution in [2.24, 2.45) is 0 Å². The number of fused-ring (bicyclic) bond motifs is 1. The fraction of sp³-hybridized carbons (Fsp3) is 0.120. The quantitative estimate of drug-likeness (QED) is 0.266. The third kappa shape index (κ3) is 4.65. The second kappa shape index (κ2) is 9.28. The van der Waals surface area contributed by atoms with Crippen molar-refractivity contribution >= 4 is 23.0 Å². The highest BCUT2D eigenvalue weighted by Gasteiger charge is 2.13. The minimum absolute atomic E-state index is 0.572. The first-order valence-electron chi connectivity index (χ1n) is 9.99. The lowest BCUT2D eigenvalue weighted by Gasteiger charge is -2.11. The van der Waals surface area contributed by atoms with Gasteiger partial charge < -0.3 is 9.30 Å². The molecule has 0 fully saturated rings. The van der Waals surface area contributed by atoms with Crippen LogP contribution in [0.3, 0.4) is 0 Å². The molecular weight excluding hydrogens is 390 g/mol. The van der Waals surface area contributed by atoms with Crippen LogP contribution in [0.4, 0.5) is 0 Å². The lowest BCUT2D eigenvalue weighted by molar-refractivity contribution is -0.124. The first-order valence-corrected chi connectivity index (χ1v) is 9.99. The molecule has 1 amide bonds. The zero-order valence-electron chi connectivity index (χ0n) is 17.2. The van der Waals surface area contributed by atoms with Crippen LogP contribution in [-0.2, 0) is 17.8 Å². The molecule has 1 aromatic heterocycles. The Morgan fingerprint density at radius 3 is 2.68 bits per heavy atom. The Balaban J connectivity index is 1.68. The molecule has 0 saturated heterocycles. The zero-order chi connectivity index (χ0) is 21.6. The SMILES string of the molecule is COc1ccc(CCn2c(-c3cccc(/C=C/C(=O)NO)c3)nc3ccccc32)cc1. The first kappa shape index (κ1) is 20.4. The van der Waals surface area contributed by atoms with Crippen molar-refractivity contribution in [3.05, 3.63) is 90.0 Å². The van der Waals surface area contributed by atoms with Crippen molar-refractivity contribution in [3.63, 3.8) is 0 Å². The van der Waals surface area contributed by atoms with Gasteiger partial charge in [0.2, 0.25) is 0 Å². The molecule has 6 heteroatoms. The lowest BCUT2D eigenvalue weighted by Crippen LogP contribution is -2.14. The van der Waals surface area contributed by atoms with Gasteiger partial charge >= 0.3 is 0 Å². The molecule has 0 unspecified atom stereocenters. The highest BCUT2D eigenvalue weighted by molar-refractivity contribution is 5.91. The fourth-order valence-corrected chi connectivity index (χ4v) is 3.55. The van der Waals surface area contributed by atoms with Gasteiger partial charge in [-0.1, -0.05) is 42.5 Å². The largest absolute Gasteiger partial charge is 0.497 e. The number of amides is 1.